The Balaban J connectivity index is 1.65. The highest BCUT2D eigenvalue weighted by Gasteiger charge is 2.36. The molecule has 0 radical (unpaired) electrons. The number of benzene rings is 2. The first-order valence-electron chi connectivity index (χ1n) is 11.3. The van der Waals surface area contributed by atoms with Crippen LogP contribution in [-0.4, -0.2) is 41.9 Å². The Morgan fingerprint density at radius 1 is 1.17 bits per heavy atom. The molecule has 1 aliphatic rings. The number of rotatable bonds is 9. The molecule has 9 heteroatoms. The summed E-state index contributed by atoms with van der Waals surface area (Å²) in [5.41, 5.74) is 3.30. The predicted molar refractivity (Wildman–Crippen MR) is 141 cm³/mol. The molecule has 2 aromatic carbocycles. The van der Waals surface area contributed by atoms with Gasteiger partial charge in [0.2, 0.25) is 5.91 Å². The second-order valence-corrected chi connectivity index (χ2v) is 9.50. The van der Waals surface area contributed by atoms with E-state index in [9.17, 15) is 14.4 Å². The molecule has 0 aliphatic carbocycles. The van der Waals surface area contributed by atoms with Gasteiger partial charge in [-0.05, 0) is 60.5 Å². The number of aryl methyl sites for hydroxylation is 1. The maximum absolute atomic E-state index is 13.1. The molecule has 1 aromatic heterocycles. The number of thioether (sulfide) groups is 1. The summed E-state index contributed by atoms with van der Waals surface area (Å²) in [6.45, 7) is 3.34. The number of nitrogens with one attached hydrogen (secondary N) is 1. The van der Waals surface area contributed by atoms with Crippen molar-refractivity contribution in [2.75, 3.05) is 25.2 Å². The number of halogens is 1. The van der Waals surface area contributed by atoms with Crippen LogP contribution in [0.5, 0.6) is 0 Å². The van der Waals surface area contributed by atoms with Gasteiger partial charge < -0.3 is 14.6 Å². The van der Waals surface area contributed by atoms with E-state index in [1.165, 1.54) is 0 Å². The van der Waals surface area contributed by atoms with Gasteiger partial charge in [0.1, 0.15) is 6.54 Å². The number of carbonyl (C=O) groups is 3. The number of fused-ring (bicyclic) bond motifs is 1. The fraction of sp³-hybridized carbons (Fsp3) is 0.269. The lowest BCUT2D eigenvalue weighted by molar-refractivity contribution is -0.121. The summed E-state index contributed by atoms with van der Waals surface area (Å²) in [5.74, 6) is -0.482. The smallest absolute Gasteiger partial charge is 0.298 e. The molecular weight excluding hydrogens is 486 g/mol. The number of aromatic nitrogens is 1. The molecule has 0 atom stereocenters. The van der Waals surface area contributed by atoms with Gasteiger partial charge in [0.05, 0.1) is 16.1 Å². The highest BCUT2D eigenvalue weighted by Crippen LogP contribution is 2.37. The molecule has 0 spiro atoms. The Morgan fingerprint density at radius 2 is 1.94 bits per heavy atom. The van der Waals surface area contributed by atoms with E-state index < -0.39 is 0 Å². The lowest BCUT2D eigenvalue weighted by Gasteiger charge is -2.12. The van der Waals surface area contributed by atoms with Crippen LogP contribution in [0.4, 0.5) is 10.5 Å². The predicted octanol–water partition coefficient (Wildman–Crippen LogP) is 5.25. The van der Waals surface area contributed by atoms with Gasteiger partial charge in [0.15, 0.2) is 0 Å². The zero-order valence-electron chi connectivity index (χ0n) is 19.5. The SMILES string of the molecule is CCc1cccc2c(/C=C3\SC(=O)N(c4ccc(Cl)cc4)C3=O)cn(CC(=O)NCCCOC)c12. The number of nitrogens with zero attached hydrogens (tertiary/aromatic N) is 2. The first-order chi connectivity index (χ1) is 16.9. The van der Waals surface area contributed by atoms with Gasteiger partial charge in [-0.1, -0.05) is 36.7 Å². The molecule has 0 unspecified atom stereocenters. The van der Waals surface area contributed by atoms with Crippen LogP contribution in [0.15, 0.2) is 53.6 Å². The Hall–Kier alpha value is -3.07. The average Bonchev–Trinajstić information content (AvgIpc) is 3.33. The van der Waals surface area contributed by atoms with Gasteiger partial charge in [-0.15, -0.1) is 0 Å². The minimum Gasteiger partial charge on any atom is -0.385 e. The quantitative estimate of drug-likeness (QED) is 0.313. The largest absolute Gasteiger partial charge is 0.385 e. The van der Waals surface area contributed by atoms with Gasteiger partial charge in [-0.25, -0.2) is 4.90 Å². The van der Waals surface area contributed by atoms with E-state index in [-0.39, 0.29) is 23.6 Å². The third-order valence-electron chi connectivity index (χ3n) is 5.72. The summed E-state index contributed by atoms with van der Waals surface area (Å²) in [4.78, 5) is 39.8. The van der Waals surface area contributed by atoms with Gasteiger partial charge in [-0.2, -0.15) is 0 Å². The standard InChI is InChI=1S/C26H26ClN3O4S/c1-3-17-6-4-7-21-18(15-29(24(17)21)16-23(31)28-12-5-13-34-2)14-22-25(32)30(26(33)35-22)20-10-8-19(27)9-11-20/h4,6-11,14-15H,3,5,12-13,16H2,1-2H3,(H,28,31)/b22-14-. The van der Waals surface area contributed by atoms with Crippen molar-refractivity contribution in [3.63, 3.8) is 0 Å². The first-order valence-corrected chi connectivity index (χ1v) is 12.5. The van der Waals surface area contributed by atoms with E-state index in [1.54, 1.807) is 37.5 Å². The van der Waals surface area contributed by atoms with Crippen molar-refractivity contribution in [2.24, 2.45) is 0 Å². The number of carbonyl (C=O) groups excluding carboxylic acids is 3. The molecular formula is C26H26ClN3O4S. The van der Waals surface area contributed by atoms with E-state index in [0.29, 0.717) is 28.8 Å². The van der Waals surface area contributed by atoms with E-state index in [1.807, 2.05) is 29.0 Å². The number of ether oxygens (including phenoxy) is 1. The molecule has 3 aromatic rings. The highest BCUT2D eigenvalue weighted by atomic mass is 35.5. The molecule has 3 amide bonds. The van der Waals surface area contributed by atoms with Crippen LogP contribution in [0.25, 0.3) is 17.0 Å². The van der Waals surface area contributed by atoms with Crippen molar-refractivity contribution in [1.29, 1.82) is 0 Å². The second kappa shape index (κ2) is 11.1. The fourth-order valence-corrected chi connectivity index (χ4v) is 5.03. The van der Waals surface area contributed by atoms with Crippen molar-refractivity contribution in [1.82, 2.24) is 9.88 Å². The molecule has 1 aliphatic heterocycles. The zero-order chi connectivity index (χ0) is 24.9. The minimum atomic E-state index is -0.384. The summed E-state index contributed by atoms with van der Waals surface area (Å²) >= 11 is 6.84. The van der Waals surface area contributed by atoms with Gasteiger partial charge >= 0.3 is 0 Å². The summed E-state index contributed by atoms with van der Waals surface area (Å²) in [6.07, 6.45) is 5.14. The lowest BCUT2D eigenvalue weighted by Crippen LogP contribution is -2.28. The van der Waals surface area contributed by atoms with Crippen molar-refractivity contribution >= 4 is 63.1 Å². The van der Waals surface area contributed by atoms with Crippen LogP contribution in [0.2, 0.25) is 5.02 Å². The normalized spacial score (nSPS) is 14.9. The third-order valence-corrected chi connectivity index (χ3v) is 6.84. The van der Waals surface area contributed by atoms with E-state index in [2.05, 4.69) is 12.2 Å². The Kier molecular flexibility index (Phi) is 7.95. The van der Waals surface area contributed by atoms with Crippen molar-refractivity contribution < 1.29 is 19.1 Å². The molecule has 0 bridgehead atoms. The van der Waals surface area contributed by atoms with Crippen molar-refractivity contribution in [3.05, 3.63) is 69.7 Å². The summed E-state index contributed by atoms with van der Waals surface area (Å²) < 4.78 is 6.94. The summed E-state index contributed by atoms with van der Waals surface area (Å²) in [5, 5.41) is 4.01. The molecule has 1 saturated heterocycles. The fourth-order valence-electron chi connectivity index (χ4n) is 4.07. The molecule has 1 fully saturated rings. The van der Waals surface area contributed by atoms with E-state index in [4.69, 9.17) is 16.3 Å². The van der Waals surface area contributed by atoms with Crippen molar-refractivity contribution in [2.45, 2.75) is 26.3 Å². The molecule has 2 heterocycles. The number of hydrogen-bond acceptors (Lipinski definition) is 5. The number of amides is 3. The van der Waals surface area contributed by atoms with Crippen LogP contribution >= 0.6 is 23.4 Å². The average molecular weight is 512 g/mol. The number of para-hydroxylation sites is 1. The monoisotopic (exact) mass is 511 g/mol. The second-order valence-electron chi connectivity index (χ2n) is 8.07. The number of anilines is 1. The first kappa shape index (κ1) is 25.0. The number of methoxy groups -OCH3 is 1. The number of imide groups is 1. The Labute approximate surface area is 213 Å². The topological polar surface area (TPSA) is 80.6 Å². The van der Waals surface area contributed by atoms with E-state index in [0.717, 1.165) is 51.5 Å². The number of hydrogen-bond donors (Lipinski definition) is 1. The van der Waals surface area contributed by atoms with Gasteiger partial charge in [0, 0.05) is 42.4 Å². The van der Waals surface area contributed by atoms with Crippen molar-refractivity contribution in [3.8, 4) is 0 Å². The zero-order valence-corrected chi connectivity index (χ0v) is 21.1. The van der Waals surface area contributed by atoms with E-state index >= 15 is 0 Å². The summed E-state index contributed by atoms with van der Waals surface area (Å²) in [6, 6.07) is 12.5. The maximum Gasteiger partial charge on any atom is 0.298 e. The Morgan fingerprint density at radius 3 is 2.66 bits per heavy atom. The van der Waals surface area contributed by atoms with Crippen LogP contribution in [0, 0.1) is 0 Å². The molecule has 35 heavy (non-hydrogen) atoms. The van der Waals surface area contributed by atoms with Crippen LogP contribution < -0.4 is 10.2 Å². The lowest BCUT2D eigenvalue weighted by atomic mass is 10.1. The molecule has 4 rings (SSSR count). The van der Waals surface area contributed by atoms with Crippen LogP contribution in [-0.2, 0) is 27.3 Å². The Bertz CT molecular complexity index is 1300. The summed E-state index contributed by atoms with van der Waals surface area (Å²) in [7, 11) is 1.63. The van der Waals surface area contributed by atoms with Crippen LogP contribution in [0.1, 0.15) is 24.5 Å². The van der Waals surface area contributed by atoms with Gasteiger partial charge in [0.25, 0.3) is 11.1 Å². The molecule has 182 valence electrons. The molecule has 7 nitrogen and oxygen atoms in total. The van der Waals surface area contributed by atoms with Crippen LogP contribution in [0.3, 0.4) is 0 Å². The highest BCUT2D eigenvalue weighted by molar-refractivity contribution is 8.19. The molecule has 0 saturated carbocycles. The van der Waals surface area contributed by atoms with Gasteiger partial charge in [-0.3, -0.25) is 14.4 Å². The maximum atomic E-state index is 13.1. The molecule has 1 N–H and O–H groups in total. The minimum absolute atomic E-state index is 0.0986. The third kappa shape index (κ3) is 5.45.